The lowest BCUT2D eigenvalue weighted by molar-refractivity contribution is -0.123. The van der Waals surface area contributed by atoms with Crippen molar-refractivity contribution in [3.63, 3.8) is 0 Å². The number of para-hydroxylation sites is 1. The average Bonchev–Trinajstić information content (AvgIpc) is 3.21. The Labute approximate surface area is 195 Å². The van der Waals surface area contributed by atoms with Crippen LogP contribution < -0.4 is 4.90 Å². The maximum Gasteiger partial charge on any atom is 0.268 e. The van der Waals surface area contributed by atoms with Gasteiger partial charge in [-0.1, -0.05) is 30.3 Å². The molecular formula is C26H22F2N2O2S. The minimum absolute atomic E-state index is 0.209. The van der Waals surface area contributed by atoms with Crippen molar-refractivity contribution in [1.82, 2.24) is 4.90 Å². The quantitative estimate of drug-likeness (QED) is 0.526. The van der Waals surface area contributed by atoms with Crippen LogP contribution >= 0.6 is 11.8 Å². The van der Waals surface area contributed by atoms with Crippen LogP contribution in [0.1, 0.15) is 35.3 Å². The first-order valence-corrected chi connectivity index (χ1v) is 11.5. The highest BCUT2D eigenvalue weighted by atomic mass is 32.2. The Morgan fingerprint density at radius 1 is 0.939 bits per heavy atom. The summed E-state index contributed by atoms with van der Waals surface area (Å²) in [5, 5.41) is 0. The molecule has 0 aromatic heterocycles. The molecule has 3 aromatic rings. The van der Waals surface area contributed by atoms with Crippen molar-refractivity contribution >= 4 is 29.3 Å². The van der Waals surface area contributed by atoms with Gasteiger partial charge in [0.1, 0.15) is 11.6 Å². The van der Waals surface area contributed by atoms with Crippen molar-refractivity contribution in [1.29, 1.82) is 0 Å². The lowest BCUT2D eigenvalue weighted by atomic mass is 10.0. The standard InChI is InChI=1S/C26H22F2N2O2S/c1-25(2)16-30(23(31)18-9-13-20(28)14-10-18)26(33-25)21-5-3-4-6-22(21)29(24(26)32)15-17-7-11-19(27)12-8-17/h3-14H,15-16H2,1-2H3/t26-/m1/s1. The number of hydrogen-bond donors (Lipinski definition) is 0. The van der Waals surface area contributed by atoms with Crippen LogP contribution in [0.15, 0.2) is 72.8 Å². The SMILES string of the molecule is CC1(C)CN(C(=O)c2ccc(F)cc2)[C@]2(S1)C(=O)N(Cc1ccc(F)cc1)c1ccccc12. The summed E-state index contributed by atoms with van der Waals surface area (Å²) in [6.07, 6.45) is 0. The summed E-state index contributed by atoms with van der Waals surface area (Å²) >= 11 is 1.46. The predicted octanol–water partition coefficient (Wildman–Crippen LogP) is 5.33. The number of halogens is 2. The summed E-state index contributed by atoms with van der Waals surface area (Å²) in [6, 6.07) is 18.9. The first-order chi connectivity index (χ1) is 15.7. The van der Waals surface area contributed by atoms with E-state index in [0.29, 0.717) is 12.1 Å². The van der Waals surface area contributed by atoms with E-state index in [-0.39, 0.29) is 28.9 Å². The number of hydrogen-bond acceptors (Lipinski definition) is 3. The van der Waals surface area contributed by atoms with Crippen LogP contribution in [0.3, 0.4) is 0 Å². The highest BCUT2D eigenvalue weighted by Gasteiger charge is 2.63. The van der Waals surface area contributed by atoms with Gasteiger partial charge in [0.15, 0.2) is 4.87 Å². The molecular weight excluding hydrogens is 442 g/mol. The molecule has 7 heteroatoms. The third-order valence-electron chi connectivity index (χ3n) is 6.03. The fraction of sp³-hybridized carbons (Fsp3) is 0.231. The second-order valence-electron chi connectivity index (χ2n) is 8.94. The number of fused-ring (bicyclic) bond motifs is 2. The van der Waals surface area contributed by atoms with E-state index >= 15 is 0 Å². The van der Waals surface area contributed by atoms with Gasteiger partial charge in [0, 0.05) is 22.4 Å². The summed E-state index contributed by atoms with van der Waals surface area (Å²) in [7, 11) is 0. The Kier molecular flexibility index (Phi) is 5.05. The van der Waals surface area contributed by atoms with Crippen molar-refractivity contribution in [3.8, 4) is 0 Å². The van der Waals surface area contributed by atoms with Crippen LogP contribution in [0, 0.1) is 11.6 Å². The van der Waals surface area contributed by atoms with Crippen molar-refractivity contribution < 1.29 is 18.4 Å². The third-order valence-corrected chi connectivity index (χ3v) is 7.62. The van der Waals surface area contributed by atoms with Gasteiger partial charge in [0.25, 0.3) is 11.8 Å². The highest BCUT2D eigenvalue weighted by molar-refractivity contribution is 8.02. The summed E-state index contributed by atoms with van der Waals surface area (Å²) in [6.45, 7) is 4.64. The number of amides is 2. The van der Waals surface area contributed by atoms with E-state index in [0.717, 1.165) is 16.8 Å². The van der Waals surface area contributed by atoms with E-state index in [2.05, 4.69) is 0 Å². The Morgan fingerprint density at radius 3 is 2.21 bits per heavy atom. The summed E-state index contributed by atoms with van der Waals surface area (Å²) < 4.78 is 26.5. The molecule has 1 saturated heterocycles. The molecule has 1 atom stereocenters. The maximum atomic E-state index is 14.1. The van der Waals surface area contributed by atoms with E-state index in [1.807, 2.05) is 38.1 Å². The molecule has 2 aliphatic rings. The van der Waals surface area contributed by atoms with Crippen LogP contribution in [0.4, 0.5) is 14.5 Å². The van der Waals surface area contributed by atoms with Crippen LogP contribution in [0.25, 0.3) is 0 Å². The molecule has 33 heavy (non-hydrogen) atoms. The largest absolute Gasteiger partial charge is 0.310 e. The minimum atomic E-state index is -1.23. The summed E-state index contributed by atoms with van der Waals surface area (Å²) in [4.78, 5) is 29.8. The summed E-state index contributed by atoms with van der Waals surface area (Å²) in [5.41, 5.74) is 2.60. The molecule has 0 bridgehead atoms. The van der Waals surface area contributed by atoms with Gasteiger partial charge in [-0.2, -0.15) is 0 Å². The zero-order valence-electron chi connectivity index (χ0n) is 18.2. The van der Waals surface area contributed by atoms with Crippen LogP contribution in [0.5, 0.6) is 0 Å². The zero-order chi connectivity index (χ0) is 23.4. The molecule has 1 spiro atoms. The molecule has 0 aliphatic carbocycles. The number of benzene rings is 3. The highest BCUT2D eigenvalue weighted by Crippen LogP contribution is 2.60. The van der Waals surface area contributed by atoms with Crippen molar-refractivity contribution in [3.05, 3.63) is 101 Å². The number of rotatable bonds is 3. The van der Waals surface area contributed by atoms with Crippen molar-refractivity contribution in [2.24, 2.45) is 0 Å². The summed E-state index contributed by atoms with van der Waals surface area (Å²) in [5.74, 6) is -1.29. The fourth-order valence-electron chi connectivity index (χ4n) is 4.63. The number of anilines is 1. The molecule has 0 unspecified atom stereocenters. The molecule has 4 nitrogen and oxygen atoms in total. The molecule has 0 N–H and O–H groups in total. The second kappa shape index (κ2) is 7.70. The molecule has 0 saturated carbocycles. The van der Waals surface area contributed by atoms with Crippen molar-refractivity contribution in [2.75, 3.05) is 11.4 Å². The minimum Gasteiger partial charge on any atom is -0.310 e. The Hall–Kier alpha value is -3.19. The number of thioether (sulfide) groups is 1. The molecule has 2 amide bonds. The Bertz CT molecular complexity index is 1240. The smallest absolute Gasteiger partial charge is 0.268 e. The van der Waals surface area contributed by atoms with Gasteiger partial charge < -0.3 is 9.80 Å². The average molecular weight is 465 g/mol. The van der Waals surface area contributed by atoms with Gasteiger partial charge in [-0.3, -0.25) is 9.59 Å². The van der Waals surface area contributed by atoms with E-state index in [9.17, 15) is 18.4 Å². The fourth-order valence-corrected chi connectivity index (χ4v) is 6.37. The van der Waals surface area contributed by atoms with Gasteiger partial charge in [-0.25, -0.2) is 8.78 Å². The van der Waals surface area contributed by atoms with Crippen LogP contribution in [-0.4, -0.2) is 28.0 Å². The van der Waals surface area contributed by atoms with E-state index < -0.39 is 10.7 Å². The molecule has 2 heterocycles. The van der Waals surface area contributed by atoms with Gasteiger partial charge in [0.05, 0.1) is 12.2 Å². The molecule has 0 radical (unpaired) electrons. The van der Waals surface area contributed by atoms with Gasteiger partial charge in [-0.15, -0.1) is 11.8 Å². The van der Waals surface area contributed by atoms with E-state index in [1.54, 1.807) is 21.9 Å². The predicted molar refractivity (Wildman–Crippen MR) is 125 cm³/mol. The second-order valence-corrected chi connectivity index (χ2v) is 10.8. The van der Waals surface area contributed by atoms with Gasteiger partial charge in [0.2, 0.25) is 0 Å². The molecule has 1 fully saturated rings. The molecule has 3 aromatic carbocycles. The lowest BCUT2D eigenvalue weighted by Gasteiger charge is -2.33. The first-order valence-electron chi connectivity index (χ1n) is 10.6. The van der Waals surface area contributed by atoms with Crippen molar-refractivity contribution in [2.45, 2.75) is 30.0 Å². The molecule has 168 valence electrons. The van der Waals surface area contributed by atoms with E-state index in [4.69, 9.17) is 0 Å². The lowest BCUT2D eigenvalue weighted by Crippen LogP contribution is -2.50. The molecule has 2 aliphatic heterocycles. The number of carbonyl (C=O) groups excluding carboxylic acids is 2. The number of carbonyl (C=O) groups is 2. The van der Waals surface area contributed by atoms with Gasteiger partial charge >= 0.3 is 0 Å². The monoisotopic (exact) mass is 464 g/mol. The third kappa shape index (κ3) is 3.51. The first kappa shape index (κ1) is 21.6. The van der Waals surface area contributed by atoms with Crippen LogP contribution in [-0.2, 0) is 16.2 Å². The Balaban J connectivity index is 1.61. The zero-order valence-corrected chi connectivity index (χ0v) is 19.0. The normalized spacial score (nSPS) is 21.0. The maximum absolute atomic E-state index is 14.1. The van der Waals surface area contributed by atoms with Gasteiger partial charge in [-0.05, 0) is 61.9 Å². The topological polar surface area (TPSA) is 40.6 Å². The number of nitrogens with zero attached hydrogens (tertiary/aromatic N) is 2. The Morgan fingerprint density at radius 2 is 1.55 bits per heavy atom. The molecule has 5 rings (SSSR count). The van der Waals surface area contributed by atoms with Crippen LogP contribution in [0.2, 0.25) is 0 Å². The van der Waals surface area contributed by atoms with E-state index in [1.165, 1.54) is 48.2 Å².